The highest BCUT2D eigenvalue weighted by molar-refractivity contribution is 9.10. The molecule has 9 aromatic rings. The molecular weight excluding hydrogens is 840 g/mol. The van der Waals surface area contributed by atoms with Crippen LogP contribution in [0.15, 0.2) is 159 Å². The topological polar surface area (TPSA) is 226 Å². The van der Waals surface area contributed by atoms with E-state index in [0.29, 0.717) is 62.5 Å². The van der Waals surface area contributed by atoms with Crippen LogP contribution in [0.1, 0.15) is 0 Å². The fourth-order valence-corrected chi connectivity index (χ4v) is 7.16. The number of furan rings is 2. The minimum absolute atomic E-state index is 0.0191. The Morgan fingerprint density at radius 2 is 0.900 bits per heavy atom. The third-order valence-electron chi connectivity index (χ3n) is 9.33. The Balaban J connectivity index is 0.000000158. The first kappa shape index (κ1) is 40.8. The quantitative estimate of drug-likeness (QED) is 0.0738. The second kappa shape index (κ2) is 17.6. The number of nitrogens with zero attached hydrogens (tertiary/aromatic N) is 3. The van der Waals surface area contributed by atoms with E-state index >= 15 is 0 Å². The molecule has 0 atom stereocenters. The zero-order valence-electron chi connectivity index (χ0n) is 30.7. The number of nitro benzene ring substituents is 3. The van der Waals surface area contributed by atoms with Crippen molar-refractivity contribution in [3.63, 3.8) is 0 Å². The van der Waals surface area contributed by atoms with Crippen molar-refractivity contribution in [1.82, 2.24) is 0 Å². The minimum Gasteiger partial charge on any atom is -0.535 e. The van der Waals surface area contributed by atoms with Gasteiger partial charge in [-0.2, -0.15) is 0 Å². The van der Waals surface area contributed by atoms with Gasteiger partial charge in [-0.25, -0.2) is 0 Å². The summed E-state index contributed by atoms with van der Waals surface area (Å²) in [5.74, 6) is 0.356. The third-order valence-corrected chi connectivity index (χ3v) is 10.0. The molecule has 0 saturated heterocycles. The van der Waals surface area contributed by atoms with E-state index in [4.69, 9.17) is 18.5 Å². The lowest BCUT2D eigenvalue weighted by atomic mass is 9.79. The molecule has 18 heteroatoms. The van der Waals surface area contributed by atoms with Gasteiger partial charge in [0.1, 0.15) is 22.5 Å². The van der Waals surface area contributed by atoms with Crippen molar-refractivity contribution in [3.05, 3.63) is 180 Å². The second-order valence-corrected chi connectivity index (χ2v) is 13.6. The molecule has 7 aromatic carbocycles. The molecule has 0 fully saturated rings. The van der Waals surface area contributed by atoms with E-state index in [2.05, 4.69) is 15.9 Å². The lowest BCUT2D eigenvalue weighted by molar-refractivity contribution is -0.385. The normalized spacial score (nSPS) is 10.7. The Morgan fingerprint density at radius 3 is 1.37 bits per heavy atom. The highest BCUT2D eigenvalue weighted by atomic mass is 79.9. The average Bonchev–Trinajstić information content (AvgIpc) is 3.84. The Hall–Kier alpha value is -7.37. The number of para-hydroxylation sites is 7. The third kappa shape index (κ3) is 8.03. The van der Waals surface area contributed by atoms with Crippen LogP contribution in [-0.4, -0.2) is 44.6 Å². The highest BCUT2D eigenvalue weighted by Crippen LogP contribution is 2.43. The summed E-state index contributed by atoms with van der Waals surface area (Å²) in [5.41, 5.74) is 4.25. The number of benzene rings is 7. The molecule has 0 amide bonds. The largest absolute Gasteiger partial charge is 0.569 e. The van der Waals surface area contributed by atoms with E-state index in [1.807, 2.05) is 36.4 Å². The summed E-state index contributed by atoms with van der Waals surface area (Å²) >= 11 is 3.06. The summed E-state index contributed by atoms with van der Waals surface area (Å²) in [6.07, 6.45) is 0. The van der Waals surface area contributed by atoms with Gasteiger partial charge >= 0.3 is 14.8 Å². The molecule has 3 N–H and O–H groups in total. The van der Waals surface area contributed by atoms with Crippen LogP contribution in [-0.2, 0) is 0 Å². The molecule has 1 radical (unpaired) electrons. The van der Waals surface area contributed by atoms with Crippen LogP contribution in [0.2, 0.25) is 0 Å². The van der Waals surface area contributed by atoms with Crippen LogP contribution in [0, 0.1) is 30.3 Å². The smallest absolute Gasteiger partial charge is 0.535 e. The van der Waals surface area contributed by atoms with Gasteiger partial charge in [-0.15, -0.1) is 0 Å². The van der Waals surface area contributed by atoms with Gasteiger partial charge in [0.2, 0.25) is 0 Å². The van der Waals surface area contributed by atoms with Crippen molar-refractivity contribution in [1.29, 1.82) is 0 Å². The van der Waals surface area contributed by atoms with Crippen molar-refractivity contribution >= 4 is 97.1 Å². The summed E-state index contributed by atoms with van der Waals surface area (Å²) < 4.78 is 17.4. The van der Waals surface area contributed by atoms with Crippen LogP contribution < -0.4 is 10.1 Å². The number of fused-ring (bicyclic) bond motifs is 6. The van der Waals surface area contributed by atoms with Gasteiger partial charge in [-0.3, -0.25) is 30.3 Å². The summed E-state index contributed by atoms with van der Waals surface area (Å²) in [5, 5.41) is 63.8. The molecule has 9 rings (SSSR count). The van der Waals surface area contributed by atoms with Gasteiger partial charge in [-0.1, -0.05) is 103 Å². The number of rotatable bonds is 8. The lowest BCUT2D eigenvalue weighted by Crippen LogP contribution is -2.29. The van der Waals surface area contributed by atoms with E-state index < -0.39 is 21.9 Å². The molecule has 0 aliphatic carbocycles. The molecule has 0 spiro atoms. The second-order valence-electron chi connectivity index (χ2n) is 12.8. The Bertz CT molecular complexity index is 2970. The summed E-state index contributed by atoms with van der Waals surface area (Å²) in [7, 11) is -1.04. The molecule has 0 aliphatic rings. The predicted molar refractivity (Wildman–Crippen MR) is 231 cm³/mol. The van der Waals surface area contributed by atoms with Crippen molar-refractivity contribution in [2.75, 3.05) is 0 Å². The maximum absolute atomic E-state index is 11.6. The number of hydrogen-bond acceptors (Lipinski definition) is 12. The zero-order valence-corrected chi connectivity index (χ0v) is 32.3. The molecule has 2 aromatic heterocycles. The summed E-state index contributed by atoms with van der Waals surface area (Å²) in [4.78, 5) is 32.0. The molecule has 2 heterocycles. The zero-order chi connectivity index (χ0) is 42.5. The minimum atomic E-state index is -1.61. The standard InChI is InChI=1S/C24H14N2O5.C12H9B2O5.C6H4BrNO2/c27-25(28)21-13-3-1-7-15(21)17-9-5-11-19-20-12-6-10-18(24(20)31-23(17)19)16-8-2-4-14-22(16)26(29)30;15-13-19-10-6-2-4-8-7-3-1-5-9(14(16)17)11(7)18-12(8)10;7-5-3-1-2-4-6(5)8(9)10/h1-14H;1-6,15-17H;1-4H. The van der Waals surface area contributed by atoms with E-state index in [0.717, 1.165) is 21.5 Å². The van der Waals surface area contributed by atoms with Crippen LogP contribution in [0.3, 0.4) is 0 Å². The maximum atomic E-state index is 11.6. The first-order chi connectivity index (χ1) is 29.0. The number of hydrogen-bond donors (Lipinski definition) is 3. The van der Waals surface area contributed by atoms with Gasteiger partial charge < -0.3 is 28.6 Å². The number of halogens is 1. The first-order valence-electron chi connectivity index (χ1n) is 17.7. The molecular formula is C42H27B2BrN3O12. The van der Waals surface area contributed by atoms with Crippen LogP contribution in [0.25, 0.3) is 66.1 Å². The van der Waals surface area contributed by atoms with Gasteiger partial charge in [0, 0.05) is 56.3 Å². The van der Waals surface area contributed by atoms with E-state index in [9.17, 15) is 40.4 Å². The highest BCUT2D eigenvalue weighted by Gasteiger charge is 2.23. The molecule has 0 aliphatic heterocycles. The van der Waals surface area contributed by atoms with Gasteiger partial charge in [0.25, 0.3) is 17.1 Å². The predicted octanol–water partition coefficient (Wildman–Crippen LogP) is 9.26. The molecule has 0 saturated carbocycles. The average molecular weight is 867 g/mol. The van der Waals surface area contributed by atoms with Gasteiger partial charge in [-0.05, 0) is 40.2 Å². The van der Waals surface area contributed by atoms with Crippen molar-refractivity contribution in [2.24, 2.45) is 0 Å². The lowest BCUT2D eigenvalue weighted by Gasteiger charge is -2.04. The molecule has 0 bridgehead atoms. The summed E-state index contributed by atoms with van der Waals surface area (Å²) in [6, 6.07) is 40.7. The molecule has 295 valence electrons. The fourth-order valence-electron chi connectivity index (χ4n) is 6.73. The first-order valence-corrected chi connectivity index (χ1v) is 18.5. The monoisotopic (exact) mass is 866 g/mol. The van der Waals surface area contributed by atoms with Crippen LogP contribution in [0.5, 0.6) is 5.75 Å². The van der Waals surface area contributed by atoms with Crippen LogP contribution >= 0.6 is 15.9 Å². The van der Waals surface area contributed by atoms with E-state index in [1.165, 1.54) is 18.2 Å². The maximum Gasteiger partial charge on any atom is 0.569 e. The molecule has 15 nitrogen and oxygen atoms in total. The Labute approximate surface area is 347 Å². The van der Waals surface area contributed by atoms with Crippen molar-refractivity contribution in [2.45, 2.75) is 0 Å². The van der Waals surface area contributed by atoms with Gasteiger partial charge in [0.15, 0.2) is 5.58 Å². The van der Waals surface area contributed by atoms with Crippen molar-refractivity contribution < 1.29 is 43.3 Å². The van der Waals surface area contributed by atoms with Gasteiger partial charge in [0.05, 0.1) is 30.4 Å². The van der Waals surface area contributed by atoms with Crippen molar-refractivity contribution in [3.8, 4) is 28.0 Å². The van der Waals surface area contributed by atoms with E-state index in [-0.39, 0.29) is 22.5 Å². The summed E-state index contributed by atoms with van der Waals surface area (Å²) in [6.45, 7) is 0. The molecule has 0 unspecified atom stereocenters. The molecule has 60 heavy (non-hydrogen) atoms. The number of nitro groups is 3. The Morgan fingerprint density at radius 1 is 0.500 bits per heavy atom. The van der Waals surface area contributed by atoms with Crippen LogP contribution in [0.4, 0.5) is 17.1 Å². The van der Waals surface area contributed by atoms with E-state index in [1.54, 1.807) is 91.0 Å². The fraction of sp³-hybridized carbons (Fsp3) is 0. The SMILES string of the molecule is O=[N+]([O-])c1ccccc1-c1cccc2c1oc1c(-c3ccccc3[N+](=O)[O-])cccc12.O=[N+]([O-])c1ccccc1Br.O[B]Oc1cccc2c1oc1c(B(O)O)cccc12. The Kier molecular flexibility index (Phi) is 12.0.